The van der Waals surface area contributed by atoms with Gasteiger partial charge in [-0.05, 0) is 37.3 Å². The zero-order valence-electron chi connectivity index (χ0n) is 10.8. The molecule has 19 heavy (non-hydrogen) atoms. The van der Waals surface area contributed by atoms with Crippen molar-refractivity contribution in [1.82, 2.24) is 4.98 Å². The third-order valence-electron chi connectivity index (χ3n) is 4.26. The van der Waals surface area contributed by atoms with E-state index in [1.54, 1.807) is 0 Å². The first-order valence-electron chi connectivity index (χ1n) is 7.06. The summed E-state index contributed by atoms with van der Waals surface area (Å²) in [6.45, 7) is 0.419. The lowest BCUT2D eigenvalue weighted by molar-refractivity contribution is 0.101. The minimum absolute atomic E-state index is 0.175. The molecule has 4 rings (SSSR count). The lowest BCUT2D eigenvalue weighted by Gasteiger charge is -2.22. The summed E-state index contributed by atoms with van der Waals surface area (Å²) in [5.74, 6) is 0.175. The Labute approximate surface area is 112 Å². The average Bonchev–Trinajstić information content (AvgIpc) is 2.67. The Balaban J connectivity index is 2.09. The molecule has 1 N–H and O–H groups in total. The van der Waals surface area contributed by atoms with E-state index in [0.29, 0.717) is 6.54 Å². The molecule has 2 heterocycles. The monoisotopic (exact) mass is 252 g/mol. The molecule has 3 nitrogen and oxygen atoms in total. The van der Waals surface area contributed by atoms with Gasteiger partial charge >= 0.3 is 0 Å². The first-order chi connectivity index (χ1) is 9.34. The molecule has 0 bridgehead atoms. The Morgan fingerprint density at radius 1 is 1.11 bits per heavy atom. The van der Waals surface area contributed by atoms with Crippen LogP contribution in [-0.2, 0) is 12.8 Å². The van der Waals surface area contributed by atoms with Gasteiger partial charge in [-0.3, -0.25) is 9.78 Å². The second-order valence-electron chi connectivity index (χ2n) is 5.45. The van der Waals surface area contributed by atoms with Gasteiger partial charge in [-0.2, -0.15) is 0 Å². The highest BCUT2D eigenvalue weighted by Gasteiger charge is 2.24. The number of nitrogens with zero attached hydrogens (tertiary/aromatic N) is 1. The van der Waals surface area contributed by atoms with Crippen molar-refractivity contribution in [3.8, 4) is 0 Å². The number of anilines is 1. The summed E-state index contributed by atoms with van der Waals surface area (Å²) in [6, 6.07) is 5.90. The Morgan fingerprint density at radius 3 is 2.95 bits per heavy atom. The maximum atomic E-state index is 12.0. The topological polar surface area (TPSA) is 42.0 Å². The van der Waals surface area contributed by atoms with E-state index in [-0.39, 0.29) is 5.78 Å². The average molecular weight is 252 g/mol. The molecule has 1 aromatic heterocycles. The number of Topliss-reactive ketones (excluding diaryl/α,β-unsaturated/α-hetero) is 1. The number of aromatic nitrogens is 1. The maximum Gasteiger partial charge on any atom is 0.182 e. The lowest BCUT2D eigenvalue weighted by Crippen LogP contribution is -2.21. The van der Waals surface area contributed by atoms with Crippen LogP contribution in [0.3, 0.4) is 0 Å². The number of hydrogen-bond acceptors (Lipinski definition) is 3. The van der Waals surface area contributed by atoms with Gasteiger partial charge in [-0.25, -0.2) is 0 Å². The van der Waals surface area contributed by atoms with Gasteiger partial charge in [0.1, 0.15) is 0 Å². The van der Waals surface area contributed by atoms with Crippen LogP contribution < -0.4 is 5.32 Å². The number of rotatable bonds is 0. The largest absolute Gasteiger partial charge is 0.377 e. The van der Waals surface area contributed by atoms with E-state index in [4.69, 9.17) is 4.98 Å². The van der Waals surface area contributed by atoms with E-state index >= 15 is 0 Å². The maximum absolute atomic E-state index is 12.0. The number of ketones is 1. The first-order valence-corrected chi connectivity index (χ1v) is 7.06. The van der Waals surface area contributed by atoms with E-state index in [0.717, 1.165) is 29.3 Å². The summed E-state index contributed by atoms with van der Waals surface area (Å²) in [4.78, 5) is 16.8. The molecule has 2 aliphatic rings. The van der Waals surface area contributed by atoms with Gasteiger partial charge < -0.3 is 5.32 Å². The predicted octanol–water partition coefficient (Wildman–Crippen LogP) is 3.11. The van der Waals surface area contributed by atoms with Crippen LogP contribution in [0.4, 0.5) is 5.69 Å². The van der Waals surface area contributed by atoms with Crippen LogP contribution in [0.1, 0.15) is 40.9 Å². The summed E-state index contributed by atoms with van der Waals surface area (Å²) < 4.78 is 0. The molecule has 0 radical (unpaired) electrons. The van der Waals surface area contributed by atoms with Gasteiger partial charge in [-0.15, -0.1) is 0 Å². The first kappa shape index (κ1) is 11.0. The number of nitrogens with one attached hydrogen (secondary N) is 1. The molecule has 0 fully saturated rings. The zero-order chi connectivity index (χ0) is 12.8. The van der Waals surface area contributed by atoms with Crippen molar-refractivity contribution in [2.45, 2.75) is 32.1 Å². The predicted molar refractivity (Wildman–Crippen MR) is 75.8 cm³/mol. The van der Waals surface area contributed by atoms with E-state index in [2.05, 4.69) is 5.32 Å². The van der Waals surface area contributed by atoms with E-state index in [9.17, 15) is 4.79 Å². The van der Waals surface area contributed by atoms with Crippen molar-refractivity contribution in [3.63, 3.8) is 0 Å². The van der Waals surface area contributed by atoms with Crippen LogP contribution in [0.25, 0.3) is 10.9 Å². The Kier molecular flexibility index (Phi) is 2.34. The molecule has 0 saturated heterocycles. The second kappa shape index (κ2) is 4.05. The van der Waals surface area contributed by atoms with Crippen molar-refractivity contribution < 1.29 is 4.79 Å². The van der Waals surface area contributed by atoms with Gasteiger partial charge in [-0.1, -0.05) is 18.6 Å². The number of aryl methyl sites for hydroxylation is 1. The van der Waals surface area contributed by atoms with E-state index in [1.807, 2.05) is 18.2 Å². The molecular weight excluding hydrogens is 236 g/mol. The minimum atomic E-state index is 0.175. The van der Waals surface area contributed by atoms with Crippen LogP contribution in [-0.4, -0.2) is 17.3 Å². The Hall–Kier alpha value is -1.90. The Morgan fingerprint density at radius 2 is 2.00 bits per heavy atom. The number of hydrogen-bond donors (Lipinski definition) is 1. The number of carbonyl (C=O) groups is 1. The zero-order valence-corrected chi connectivity index (χ0v) is 10.8. The minimum Gasteiger partial charge on any atom is -0.377 e. The highest BCUT2D eigenvalue weighted by molar-refractivity contribution is 6.16. The third kappa shape index (κ3) is 1.57. The Bertz CT molecular complexity index is 691. The quantitative estimate of drug-likeness (QED) is 0.732. The molecule has 96 valence electrons. The fourth-order valence-electron chi connectivity index (χ4n) is 3.34. The number of carbonyl (C=O) groups excluding carboxylic acids is 1. The van der Waals surface area contributed by atoms with Gasteiger partial charge in [0.25, 0.3) is 0 Å². The fourth-order valence-corrected chi connectivity index (χ4v) is 3.34. The van der Waals surface area contributed by atoms with Crippen molar-refractivity contribution in [2.75, 3.05) is 11.9 Å². The van der Waals surface area contributed by atoms with Crippen molar-refractivity contribution in [2.24, 2.45) is 0 Å². The van der Waals surface area contributed by atoms with Gasteiger partial charge in [0.15, 0.2) is 5.78 Å². The molecule has 0 unspecified atom stereocenters. The standard InChI is InChI=1S/C16H16N2O/c19-14-9-17-16-10-5-2-1-3-7-12(10)18-13-8-4-6-11(14)15(13)16/h4,6,8,17H,1-3,5,7,9H2. The van der Waals surface area contributed by atoms with Gasteiger partial charge in [0.05, 0.1) is 12.1 Å². The molecule has 0 saturated carbocycles. The molecule has 2 aromatic rings. The summed E-state index contributed by atoms with van der Waals surface area (Å²) in [6.07, 6.45) is 5.88. The summed E-state index contributed by atoms with van der Waals surface area (Å²) in [5, 5.41) is 4.38. The second-order valence-corrected chi connectivity index (χ2v) is 5.45. The van der Waals surface area contributed by atoms with Gasteiger partial charge in [0, 0.05) is 22.3 Å². The molecule has 1 aromatic carbocycles. The molecule has 1 aliphatic heterocycles. The summed E-state index contributed by atoms with van der Waals surface area (Å²) in [7, 11) is 0. The van der Waals surface area contributed by atoms with Crippen LogP contribution in [0.2, 0.25) is 0 Å². The fraction of sp³-hybridized carbons (Fsp3) is 0.375. The molecular formula is C16H16N2O. The van der Waals surface area contributed by atoms with Gasteiger partial charge in [0.2, 0.25) is 0 Å². The number of fused-ring (bicyclic) bond motifs is 2. The normalized spacial score (nSPS) is 17.8. The van der Waals surface area contributed by atoms with E-state index in [1.165, 1.54) is 36.2 Å². The van der Waals surface area contributed by atoms with Crippen LogP contribution in [0, 0.1) is 0 Å². The summed E-state index contributed by atoms with van der Waals surface area (Å²) in [5.41, 5.74) is 5.57. The van der Waals surface area contributed by atoms with Crippen LogP contribution in [0.15, 0.2) is 18.2 Å². The number of benzene rings is 1. The van der Waals surface area contributed by atoms with E-state index < -0.39 is 0 Å². The van der Waals surface area contributed by atoms with Crippen LogP contribution in [0.5, 0.6) is 0 Å². The molecule has 0 spiro atoms. The number of pyridine rings is 1. The van der Waals surface area contributed by atoms with Crippen LogP contribution >= 0.6 is 0 Å². The molecule has 0 atom stereocenters. The van der Waals surface area contributed by atoms with Crippen molar-refractivity contribution in [1.29, 1.82) is 0 Å². The summed E-state index contributed by atoms with van der Waals surface area (Å²) >= 11 is 0. The lowest BCUT2D eigenvalue weighted by atomic mass is 9.94. The smallest absolute Gasteiger partial charge is 0.182 e. The molecule has 0 amide bonds. The molecule has 1 aliphatic carbocycles. The van der Waals surface area contributed by atoms with Crippen molar-refractivity contribution in [3.05, 3.63) is 35.0 Å². The SMILES string of the molecule is O=C1CNc2c3c(nc4cccc1c24)CCCCC3. The highest BCUT2D eigenvalue weighted by atomic mass is 16.1. The third-order valence-corrected chi connectivity index (χ3v) is 4.26. The molecule has 3 heteroatoms. The van der Waals surface area contributed by atoms with Crippen molar-refractivity contribution >= 4 is 22.4 Å². The highest BCUT2D eigenvalue weighted by Crippen LogP contribution is 2.36.